The van der Waals surface area contributed by atoms with E-state index in [9.17, 15) is 0 Å². The number of likely N-dealkylation sites (tertiary alicyclic amines) is 1. The van der Waals surface area contributed by atoms with Crippen molar-refractivity contribution in [1.82, 2.24) is 10.2 Å². The van der Waals surface area contributed by atoms with Crippen LogP contribution >= 0.6 is 0 Å². The van der Waals surface area contributed by atoms with Crippen LogP contribution in [0.4, 0.5) is 0 Å². The second kappa shape index (κ2) is 6.17. The van der Waals surface area contributed by atoms with Gasteiger partial charge in [-0.15, -0.1) is 0 Å². The minimum atomic E-state index is 0.433. The van der Waals surface area contributed by atoms with E-state index in [2.05, 4.69) is 31.0 Å². The Morgan fingerprint density at radius 2 is 2.12 bits per heavy atom. The fraction of sp³-hybridized carbons (Fsp3) is 1.00. The van der Waals surface area contributed by atoms with Gasteiger partial charge in [-0.1, -0.05) is 13.8 Å². The molecule has 2 saturated heterocycles. The van der Waals surface area contributed by atoms with Gasteiger partial charge in [0.25, 0.3) is 0 Å². The zero-order valence-corrected chi connectivity index (χ0v) is 11.6. The van der Waals surface area contributed by atoms with Gasteiger partial charge >= 0.3 is 0 Å². The second-order valence-electron chi connectivity index (χ2n) is 5.75. The number of ether oxygens (including phenoxy) is 1. The number of nitrogens with zero attached hydrogens (tertiary/aromatic N) is 1. The lowest BCUT2D eigenvalue weighted by Crippen LogP contribution is -2.52. The van der Waals surface area contributed by atoms with E-state index < -0.39 is 0 Å². The molecule has 2 aliphatic rings. The highest BCUT2D eigenvalue weighted by Crippen LogP contribution is 2.25. The van der Waals surface area contributed by atoms with Crippen molar-refractivity contribution in [2.24, 2.45) is 5.92 Å². The molecular weight excluding hydrogens is 212 g/mol. The number of hydrogen-bond acceptors (Lipinski definition) is 3. The molecule has 0 spiro atoms. The average Bonchev–Trinajstić information content (AvgIpc) is 2.74. The van der Waals surface area contributed by atoms with Gasteiger partial charge < -0.3 is 10.1 Å². The van der Waals surface area contributed by atoms with Crippen molar-refractivity contribution in [2.75, 3.05) is 26.2 Å². The van der Waals surface area contributed by atoms with E-state index in [1.54, 1.807) is 0 Å². The fourth-order valence-electron chi connectivity index (χ4n) is 3.31. The number of hydrogen-bond donors (Lipinski definition) is 1. The first kappa shape index (κ1) is 13.3. The molecule has 0 aromatic carbocycles. The van der Waals surface area contributed by atoms with Gasteiger partial charge in [-0.3, -0.25) is 4.90 Å². The van der Waals surface area contributed by atoms with Crippen LogP contribution in [-0.4, -0.2) is 49.3 Å². The molecule has 1 N–H and O–H groups in total. The highest BCUT2D eigenvalue weighted by atomic mass is 16.5. The topological polar surface area (TPSA) is 24.5 Å². The summed E-state index contributed by atoms with van der Waals surface area (Å²) < 4.78 is 5.69. The first-order chi connectivity index (χ1) is 8.22. The van der Waals surface area contributed by atoms with Gasteiger partial charge in [0.1, 0.15) is 0 Å². The Kier molecular flexibility index (Phi) is 4.83. The number of nitrogens with one attached hydrogen (secondary N) is 1. The molecule has 0 aromatic heterocycles. The van der Waals surface area contributed by atoms with Crippen molar-refractivity contribution in [3.8, 4) is 0 Å². The summed E-state index contributed by atoms with van der Waals surface area (Å²) in [6.45, 7) is 11.4. The van der Waals surface area contributed by atoms with Crippen molar-refractivity contribution in [2.45, 2.75) is 58.2 Å². The Morgan fingerprint density at radius 3 is 2.71 bits per heavy atom. The lowest BCUT2D eigenvalue weighted by atomic mass is 9.91. The average molecular weight is 240 g/mol. The van der Waals surface area contributed by atoms with Gasteiger partial charge in [0.15, 0.2) is 0 Å². The lowest BCUT2D eigenvalue weighted by Gasteiger charge is -2.41. The maximum atomic E-state index is 5.69. The Balaban J connectivity index is 1.82. The molecule has 3 heteroatoms. The highest BCUT2D eigenvalue weighted by Gasteiger charge is 2.34. The molecular formula is C14H28N2O. The Hall–Kier alpha value is -0.120. The molecule has 17 heavy (non-hydrogen) atoms. The lowest BCUT2D eigenvalue weighted by molar-refractivity contribution is 0.0465. The second-order valence-corrected chi connectivity index (χ2v) is 5.75. The Labute approximate surface area is 106 Å². The zero-order chi connectivity index (χ0) is 12.3. The van der Waals surface area contributed by atoms with E-state index in [0.717, 1.165) is 25.1 Å². The first-order valence-electron chi connectivity index (χ1n) is 7.31. The molecule has 2 fully saturated rings. The quantitative estimate of drug-likeness (QED) is 0.812. The summed E-state index contributed by atoms with van der Waals surface area (Å²) in [5, 5.41) is 3.69. The largest absolute Gasteiger partial charge is 0.377 e. The summed E-state index contributed by atoms with van der Waals surface area (Å²) in [5.74, 6) is 0.767. The van der Waals surface area contributed by atoms with Crippen LogP contribution in [0.15, 0.2) is 0 Å². The van der Waals surface area contributed by atoms with Gasteiger partial charge in [0.05, 0.1) is 6.10 Å². The summed E-state index contributed by atoms with van der Waals surface area (Å²) in [5.41, 5.74) is 0. The molecule has 3 nitrogen and oxygen atoms in total. The summed E-state index contributed by atoms with van der Waals surface area (Å²) in [6.07, 6.45) is 4.19. The first-order valence-corrected chi connectivity index (χ1v) is 7.31. The molecule has 0 aliphatic carbocycles. The molecule has 0 amide bonds. The summed E-state index contributed by atoms with van der Waals surface area (Å²) in [4.78, 5) is 2.66. The third kappa shape index (κ3) is 3.21. The highest BCUT2D eigenvalue weighted by molar-refractivity contribution is 4.89. The van der Waals surface area contributed by atoms with E-state index in [0.29, 0.717) is 12.1 Å². The minimum Gasteiger partial charge on any atom is -0.377 e. The van der Waals surface area contributed by atoms with Crippen LogP contribution in [-0.2, 0) is 4.74 Å². The molecule has 0 bridgehead atoms. The van der Waals surface area contributed by atoms with Crippen molar-refractivity contribution < 1.29 is 4.74 Å². The number of rotatable bonds is 4. The van der Waals surface area contributed by atoms with Crippen LogP contribution in [0, 0.1) is 5.92 Å². The van der Waals surface area contributed by atoms with Gasteiger partial charge in [0, 0.05) is 31.8 Å². The maximum absolute atomic E-state index is 5.69. The maximum Gasteiger partial charge on any atom is 0.0703 e. The molecule has 2 heterocycles. The predicted octanol–water partition coefficient (Wildman–Crippen LogP) is 1.87. The standard InChI is InChI=1S/C14H28N2O/c1-4-7-15-13-5-8-16(10-11(13)2)14-6-9-17-12(14)3/h11-15H,4-10H2,1-3H3. The SMILES string of the molecule is CCCNC1CCN(C2CCOC2C)CC1C. The zero-order valence-electron chi connectivity index (χ0n) is 11.6. The molecule has 4 atom stereocenters. The van der Waals surface area contributed by atoms with Crippen LogP contribution in [0.25, 0.3) is 0 Å². The van der Waals surface area contributed by atoms with E-state index >= 15 is 0 Å². The normalized spacial score (nSPS) is 39.7. The molecule has 0 radical (unpaired) electrons. The van der Waals surface area contributed by atoms with Crippen LogP contribution < -0.4 is 5.32 Å². The van der Waals surface area contributed by atoms with Gasteiger partial charge in [-0.2, -0.15) is 0 Å². The van der Waals surface area contributed by atoms with Crippen molar-refractivity contribution in [3.63, 3.8) is 0 Å². The van der Waals surface area contributed by atoms with Crippen molar-refractivity contribution >= 4 is 0 Å². The Bertz CT molecular complexity index is 234. The minimum absolute atomic E-state index is 0.433. The third-order valence-corrected chi connectivity index (χ3v) is 4.40. The molecule has 100 valence electrons. The Morgan fingerprint density at radius 1 is 1.29 bits per heavy atom. The molecule has 2 rings (SSSR count). The van der Waals surface area contributed by atoms with E-state index in [-0.39, 0.29) is 0 Å². The summed E-state index contributed by atoms with van der Waals surface area (Å²) in [6, 6.07) is 1.40. The smallest absolute Gasteiger partial charge is 0.0703 e. The van der Waals surface area contributed by atoms with Crippen LogP contribution in [0.5, 0.6) is 0 Å². The summed E-state index contributed by atoms with van der Waals surface area (Å²) >= 11 is 0. The van der Waals surface area contributed by atoms with Crippen LogP contribution in [0.2, 0.25) is 0 Å². The molecule has 0 saturated carbocycles. The fourth-order valence-corrected chi connectivity index (χ4v) is 3.31. The molecule has 2 aliphatic heterocycles. The third-order valence-electron chi connectivity index (χ3n) is 4.40. The predicted molar refractivity (Wildman–Crippen MR) is 71.3 cm³/mol. The van der Waals surface area contributed by atoms with Crippen molar-refractivity contribution in [3.05, 3.63) is 0 Å². The summed E-state index contributed by atoms with van der Waals surface area (Å²) in [7, 11) is 0. The van der Waals surface area contributed by atoms with E-state index in [4.69, 9.17) is 4.74 Å². The van der Waals surface area contributed by atoms with Gasteiger partial charge in [-0.25, -0.2) is 0 Å². The van der Waals surface area contributed by atoms with E-state index in [1.807, 2.05) is 0 Å². The van der Waals surface area contributed by atoms with E-state index in [1.165, 1.54) is 32.4 Å². The number of piperidine rings is 1. The monoisotopic (exact) mass is 240 g/mol. The molecule has 0 aromatic rings. The molecule has 4 unspecified atom stereocenters. The van der Waals surface area contributed by atoms with Crippen molar-refractivity contribution in [1.29, 1.82) is 0 Å². The van der Waals surface area contributed by atoms with Crippen LogP contribution in [0.3, 0.4) is 0 Å². The van der Waals surface area contributed by atoms with Gasteiger partial charge in [-0.05, 0) is 38.6 Å². The van der Waals surface area contributed by atoms with Crippen LogP contribution in [0.1, 0.15) is 40.0 Å². The van der Waals surface area contributed by atoms with Gasteiger partial charge in [0.2, 0.25) is 0 Å².